The average molecular weight is 238 g/mol. The maximum absolute atomic E-state index is 11.6. The minimum absolute atomic E-state index is 0.00550. The molecular weight excluding hydrogens is 224 g/mol. The molecule has 5 heteroatoms. The lowest BCUT2D eigenvalue weighted by atomic mass is 9.99. The van der Waals surface area contributed by atoms with Gasteiger partial charge in [-0.05, 0) is 30.2 Å². The van der Waals surface area contributed by atoms with Gasteiger partial charge in [0.15, 0.2) is 0 Å². The second-order valence-electron chi connectivity index (χ2n) is 3.54. The molecule has 0 saturated carbocycles. The molecule has 1 aromatic carbocycles. The number of benzene rings is 1. The number of ether oxygens (including phenoxy) is 2. The topological polar surface area (TPSA) is 72.8 Å². The van der Waals surface area contributed by atoms with Crippen LogP contribution in [0.15, 0.2) is 12.1 Å². The number of aryl methyl sites for hydroxylation is 1. The monoisotopic (exact) mass is 238 g/mol. The van der Waals surface area contributed by atoms with Gasteiger partial charge in [0, 0.05) is 0 Å². The smallest absolute Gasteiger partial charge is 0.338 e. The lowest BCUT2D eigenvalue weighted by molar-refractivity contribution is -0.139. The molecule has 0 amide bonds. The van der Waals surface area contributed by atoms with Crippen molar-refractivity contribution < 1.29 is 24.2 Å². The Morgan fingerprint density at radius 2 is 1.88 bits per heavy atom. The summed E-state index contributed by atoms with van der Waals surface area (Å²) in [6.07, 6.45) is -0.0871. The number of aromatic hydroxyl groups is 1. The fourth-order valence-electron chi connectivity index (χ4n) is 1.60. The van der Waals surface area contributed by atoms with Crippen LogP contribution in [0.4, 0.5) is 0 Å². The molecule has 0 aliphatic rings. The lowest BCUT2D eigenvalue weighted by Crippen LogP contribution is -2.12. The van der Waals surface area contributed by atoms with Gasteiger partial charge in [-0.15, -0.1) is 0 Å². The predicted octanol–water partition coefficient (Wildman–Crippen LogP) is 1.20. The van der Waals surface area contributed by atoms with Crippen molar-refractivity contribution in [2.24, 2.45) is 0 Å². The van der Waals surface area contributed by atoms with Crippen LogP contribution in [0.25, 0.3) is 0 Å². The maximum atomic E-state index is 11.6. The van der Waals surface area contributed by atoms with Gasteiger partial charge in [0.25, 0.3) is 0 Å². The number of esters is 2. The van der Waals surface area contributed by atoms with E-state index in [4.69, 9.17) is 0 Å². The van der Waals surface area contributed by atoms with E-state index >= 15 is 0 Å². The van der Waals surface area contributed by atoms with Gasteiger partial charge in [-0.3, -0.25) is 4.79 Å². The molecule has 0 radical (unpaired) electrons. The Hall–Kier alpha value is -2.04. The Labute approximate surface area is 99.0 Å². The van der Waals surface area contributed by atoms with Gasteiger partial charge in [0.1, 0.15) is 5.75 Å². The van der Waals surface area contributed by atoms with Crippen LogP contribution < -0.4 is 0 Å². The number of methoxy groups -OCH3 is 2. The van der Waals surface area contributed by atoms with Crippen molar-refractivity contribution in [2.75, 3.05) is 14.2 Å². The molecule has 1 rings (SSSR count). The molecule has 0 spiro atoms. The van der Waals surface area contributed by atoms with Crippen molar-refractivity contribution >= 4 is 11.9 Å². The molecule has 0 bridgehead atoms. The molecule has 0 aromatic heterocycles. The Morgan fingerprint density at radius 1 is 1.24 bits per heavy atom. The minimum Gasteiger partial charge on any atom is -0.508 e. The van der Waals surface area contributed by atoms with Crippen molar-refractivity contribution in [3.8, 4) is 5.75 Å². The average Bonchev–Trinajstić information content (AvgIpc) is 2.27. The van der Waals surface area contributed by atoms with Crippen molar-refractivity contribution in [1.82, 2.24) is 0 Å². The van der Waals surface area contributed by atoms with E-state index in [9.17, 15) is 14.7 Å². The van der Waals surface area contributed by atoms with Crippen LogP contribution in [0, 0.1) is 6.92 Å². The van der Waals surface area contributed by atoms with Crippen molar-refractivity contribution in [3.05, 3.63) is 28.8 Å². The molecule has 92 valence electrons. The van der Waals surface area contributed by atoms with Crippen molar-refractivity contribution in [1.29, 1.82) is 0 Å². The fraction of sp³-hybridized carbons (Fsp3) is 0.333. The third-order valence-electron chi connectivity index (χ3n) is 2.35. The predicted molar refractivity (Wildman–Crippen MR) is 59.9 cm³/mol. The van der Waals surface area contributed by atoms with E-state index in [0.717, 1.165) is 0 Å². The summed E-state index contributed by atoms with van der Waals surface area (Å²) in [5.74, 6) is -1.03. The third kappa shape index (κ3) is 2.96. The van der Waals surface area contributed by atoms with Crippen LogP contribution in [-0.2, 0) is 20.7 Å². The number of phenols is 1. The third-order valence-corrected chi connectivity index (χ3v) is 2.35. The summed E-state index contributed by atoms with van der Waals surface area (Å²) >= 11 is 0. The van der Waals surface area contributed by atoms with Gasteiger partial charge < -0.3 is 14.6 Å². The Kier molecular flexibility index (Phi) is 4.09. The summed E-state index contributed by atoms with van der Waals surface area (Å²) < 4.78 is 9.17. The Bertz CT molecular complexity index is 450. The van der Waals surface area contributed by atoms with Crippen LogP contribution in [0.5, 0.6) is 5.75 Å². The Balaban J connectivity index is 3.25. The number of phenolic OH excluding ortho intramolecular Hbond substituents is 1. The normalized spacial score (nSPS) is 9.82. The van der Waals surface area contributed by atoms with Gasteiger partial charge >= 0.3 is 11.9 Å². The number of rotatable bonds is 3. The summed E-state index contributed by atoms with van der Waals surface area (Å²) in [7, 11) is 2.52. The zero-order valence-corrected chi connectivity index (χ0v) is 9.94. The molecule has 0 heterocycles. The Morgan fingerprint density at radius 3 is 2.41 bits per heavy atom. The number of carbonyl (C=O) groups excluding carboxylic acids is 2. The second-order valence-corrected chi connectivity index (χ2v) is 3.54. The summed E-state index contributed by atoms with van der Waals surface area (Å²) in [5.41, 5.74) is 1.23. The first-order chi connectivity index (χ1) is 7.99. The molecule has 0 saturated heterocycles. The van der Waals surface area contributed by atoms with E-state index in [1.54, 1.807) is 6.92 Å². The molecule has 0 aliphatic heterocycles. The van der Waals surface area contributed by atoms with Crippen LogP contribution >= 0.6 is 0 Å². The summed E-state index contributed by atoms with van der Waals surface area (Å²) in [4.78, 5) is 22.8. The lowest BCUT2D eigenvalue weighted by Gasteiger charge is -2.10. The molecule has 0 atom stereocenters. The van der Waals surface area contributed by atoms with Crippen LogP contribution in [-0.4, -0.2) is 31.3 Å². The zero-order valence-electron chi connectivity index (χ0n) is 9.94. The molecule has 0 fully saturated rings. The highest BCUT2D eigenvalue weighted by Crippen LogP contribution is 2.23. The summed E-state index contributed by atoms with van der Waals surface area (Å²) in [6, 6.07) is 2.79. The van der Waals surface area contributed by atoms with E-state index in [-0.39, 0.29) is 17.7 Å². The van der Waals surface area contributed by atoms with Gasteiger partial charge in [-0.1, -0.05) is 0 Å². The molecular formula is C12H14O5. The standard InChI is InChI=1S/C12H14O5/c1-7-4-9(13)5-8(6-10(14)16-2)11(7)12(15)17-3/h4-5,13H,6H2,1-3H3. The molecule has 1 aromatic rings. The fourth-order valence-corrected chi connectivity index (χ4v) is 1.60. The van der Waals surface area contributed by atoms with Crippen molar-refractivity contribution in [2.45, 2.75) is 13.3 Å². The van der Waals surface area contributed by atoms with Gasteiger partial charge in [0.05, 0.1) is 26.2 Å². The molecule has 0 unspecified atom stereocenters. The summed E-state index contributed by atoms with van der Waals surface area (Å²) in [5, 5.41) is 9.45. The zero-order chi connectivity index (χ0) is 13.0. The van der Waals surface area contributed by atoms with Gasteiger partial charge in [-0.25, -0.2) is 4.79 Å². The van der Waals surface area contributed by atoms with E-state index in [1.807, 2.05) is 0 Å². The molecule has 1 N–H and O–H groups in total. The number of hydrogen-bond donors (Lipinski definition) is 1. The summed E-state index contributed by atoms with van der Waals surface area (Å²) in [6.45, 7) is 1.66. The SMILES string of the molecule is COC(=O)Cc1cc(O)cc(C)c1C(=O)OC. The van der Waals surface area contributed by atoms with Gasteiger partial charge in [-0.2, -0.15) is 0 Å². The van der Waals surface area contributed by atoms with Crippen molar-refractivity contribution in [3.63, 3.8) is 0 Å². The highest BCUT2D eigenvalue weighted by molar-refractivity contribution is 5.94. The second kappa shape index (κ2) is 5.34. The number of hydrogen-bond acceptors (Lipinski definition) is 5. The van der Waals surface area contributed by atoms with E-state index in [1.165, 1.54) is 26.4 Å². The van der Waals surface area contributed by atoms with E-state index < -0.39 is 11.9 Å². The number of carbonyl (C=O) groups is 2. The first kappa shape index (κ1) is 13.0. The molecule has 0 aliphatic carbocycles. The highest BCUT2D eigenvalue weighted by atomic mass is 16.5. The molecule has 17 heavy (non-hydrogen) atoms. The minimum atomic E-state index is -0.540. The highest BCUT2D eigenvalue weighted by Gasteiger charge is 2.18. The van der Waals surface area contributed by atoms with E-state index in [2.05, 4.69) is 9.47 Å². The van der Waals surface area contributed by atoms with Crippen LogP contribution in [0.3, 0.4) is 0 Å². The first-order valence-electron chi connectivity index (χ1n) is 4.97. The molecule has 5 nitrogen and oxygen atoms in total. The first-order valence-corrected chi connectivity index (χ1v) is 4.97. The van der Waals surface area contributed by atoms with Gasteiger partial charge in [0.2, 0.25) is 0 Å². The van der Waals surface area contributed by atoms with Crippen LogP contribution in [0.1, 0.15) is 21.5 Å². The van der Waals surface area contributed by atoms with E-state index in [0.29, 0.717) is 11.1 Å². The van der Waals surface area contributed by atoms with Crippen LogP contribution in [0.2, 0.25) is 0 Å². The largest absolute Gasteiger partial charge is 0.508 e. The quantitative estimate of drug-likeness (QED) is 0.801. The maximum Gasteiger partial charge on any atom is 0.338 e.